The number of hydrogen-bond donors (Lipinski definition) is 2. The van der Waals surface area contributed by atoms with Crippen molar-refractivity contribution in [1.29, 1.82) is 0 Å². The number of amides is 1. The van der Waals surface area contributed by atoms with Gasteiger partial charge in [0.15, 0.2) is 0 Å². The molecule has 0 spiro atoms. The van der Waals surface area contributed by atoms with Crippen LogP contribution in [-0.2, 0) is 16.0 Å². The van der Waals surface area contributed by atoms with Gasteiger partial charge in [0.2, 0.25) is 5.91 Å². The SMILES string of the molecule is CCOC1CC(N)C1NC(=O)CCCc1ccccc1. The van der Waals surface area contributed by atoms with Crippen LogP contribution < -0.4 is 11.1 Å². The number of aryl methyl sites for hydroxylation is 1. The number of benzene rings is 1. The lowest BCUT2D eigenvalue weighted by molar-refractivity contribution is -0.125. The van der Waals surface area contributed by atoms with Crippen molar-refractivity contribution >= 4 is 5.91 Å². The van der Waals surface area contributed by atoms with Crippen molar-refractivity contribution in [2.75, 3.05) is 6.61 Å². The fourth-order valence-corrected chi connectivity index (χ4v) is 2.58. The molecule has 2 rings (SSSR count). The Kier molecular flexibility index (Phi) is 5.56. The summed E-state index contributed by atoms with van der Waals surface area (Å²) < 4.78 is 5.54. The predicted octanol–water partition coefficient (Wildman–Crippen LogP) is 1.63. The first-order chi connectivity index (χ1) is 9.70. The first-order valence-electron chi connectivity index (χ1n) is 7.41. The summed E-state index contributed by atoms with van der Waals surface area (Å²) in [4.78, 5) is 11.9. The summed E-state index contributed by atoms with van der Waals surface area (Å²) in [5, 5.41) is 3.00. The summed E-state index contributed by atoms with van der Waals surface area (Å²) in [7, 11) is 0. The highest BCUT2D eigenvalue weighted by atomic mass is 16.5. The third-order valence-electron chi connectivity index (χ3n) is 3.79. The maximum Gasteiger partial charge on any atom is 0.220 e. The van der Waals surface area contributed by atoms with Crippen molar-refractivity contribution in [2.45, 2.75) is 50.8 Å². The third kappa shape index (κ3) is 4.05. The Morgan fingerprint density at radius 3 is 2.80 bits per heavy atom. The number of carbonyl (C=O) groups excluding carboxylic acids is 1. The van der Waals surface area contributed by atoms with Crippen molar-refractivity contribution in [3.63, 3.8) is 0 Å². The van der Waals surface area contributed by atoms with E-state index in [1.165, 1.54) is 5.56 Å². The van der Waals surface area contributed by atoms with Gasteiger partial charge in [-0.25, -0.2) is 0 Å². The number of rotatable bonds is 7. The molecule has 1 amide bonds. The molecule has 0 aliphatic heterocycles. The van der Waals surface area contributed by atoms with Crippen LogP contribution in [0.2, 0.25) is 0 Å². The lowest BCUT2D eigenvalue weighted by Crippen LogP contribution is -2.64. The van der Waals surface area contributed by atoms with E-state index in [0.717, 1.165) is 19.3 Å². The zero-order valence-electron chi connectivity index (χ0n) is 12.0. The first-order valence-corrected chi connectivity index (χ1v) is 7.41. The van der Waals surface area contributed by atoms with Gasteiger partial charge in [0, 0.05) is 19.1 Å². The molecule has 1 aliphatic rings. The van der Waals surface area contributed by atoms with Gasteiger partial charge in [0.1, 0.15) is 0 Å². The molecule has 1 aliphatic carbocycles. The van der Waals surface area contributed by atoms with E-state index in [2.05, 4.69) is 17.4 Å². The topological polar surface area (TPSA) is 64.3 Å². The van der Waals surface area contributed by atoms with Crippen molar-refractivity contribution in [1.82, 2.24) is 5.32 Å². The first kappa shape index (κ1) is 15.0. The van der Waals surface area contributed by atoms with Gasteiger partial charge in [-0.2, -0.15) is 0 Å². The van der Waals surface area contributed by atoms with E-state index >= 15 is 0 Å². The smallest absolute Gasteiger partial charge is 0.220 e. The van der Waals surface area contributed by atoms with Gasteiger partial charge >= 0.3 is 0 Å². The molecule has 1 fully saturated rings. The number of nitrogens with two attached hydrogens (primary N) is 1. The fourth-order valence-electron chi connectivity index (χ4n) is 2.58. The van der Waals surface area contributed by atoms with Crippen molar-refractivity contribution in [3.05, 3.63) is 35.9 Å². The normalized spacial score (nSPS) is 25.0. The van der Waals surface area contributed by atoms with E-state index < -0.39 is 0 Å². The van der Waals surface area contributed by atoms with Crippen LogP contribution in [0.1, 0.15) is 31.7 Å². The third-order valence-corrected chi connectivity index (χ3v) is 3.79. The van der Waals surface area contributed by atoms with Crippen LogP contribution in [0, 0.1) is 0 Å². The Morgan fingerprint density at radius 2 is 2.15 bits per heavy atom. The summed E-state index contributed by atoms with van der Waals surface area (Å²) in [6.45, 7) is 2.63. The molecule has 0 radical (unpaired) electrons. The zero-order valence-corrected chi connectivity index (χ0v) is 12.0. The van der Waals surface area contributed by atoms with Gasteiger partial charge in [-0.1, -0.05) is 30.3 Å². The van der Waals surface area contributed by atoms with Gasteiger partial charge in [-0.15, -0.1) is 0 Å². The van der Waals surface area contributed by atoms with Crippen LogP contribution in [-0.4, -0.2) is 30.7 Å². The largest absolute Gasteiger partial charge is 0.376 e. The second kappa shape index (κ2) is 7.41. The number of carbonyl (C=O) groups is 1. The lowest BCUT2D eigenvalue weighted by atomic mass is 9.83. The monoisotopic (exact) mass is 276 g/mol. The van der Waals surface area contributed by atoms with Crippen molar-refractivity contribution < 1.29 is 9.53 Å². The van der Waals surface area contributed by atoms with Crippen LogP contribution in [0.4, 0.5) is 0 Å². The second-order valence-electron chi connectivity index (χ2n) is 5.33. The van der Waals surface area contributed by atoms with E-state index in [1.807, 2.05) is 25.1 Å². The minimum atomic E-state index is -0.0147. The molecule has 0 heterocycles. The molecular formula is C16H24N2O2. The Morgan fingerprint density at radius 1 is 1.40 bits per heavy atom. The highest BCUT2D eigenvalue weighted by Crippen LogP contribution is 2.22. The molecule has 110 valence electrons. The van der Waals surface area contributed by atoms with Crippen LogP contribution in [0.3, 0.4) is 0 Å². The molecule has 3 unspecified atom stereocenters. The lowest BCUT2D eigenvalue weighted by Gasteiger charge is -2.42. The molecular weight excluding hydrogens is 252 g/mol. The van der Waals surface area contributed by atoms with Crippen LogP contribution in [0.15, 0.2) is 30.3 Å². The van der Waals surface area contributed by atoms with E-state index in [4.69, 9.17) is 10.5 Å². The molecule has 1 saturated carbocycles. The Bertz CT molecular complexity index is 420. The molecule has 4 nitrogen and oxygen atoms in total. The number of ether oxygens (including phenoxy) is 1. The van der Waals surface area contributed by atoms with Crippen molar-refractivity contribution in [3.8, 4) is 0 Å². The fraction of sp³-hybridized carbons (Fsp3) is 0.562. The molecule has 0 aromatic heterocycles. The molecule has 3 atom stereocenters. The van der Waals surface area contributed by atoms with Gasteiger partial charge in [0.25, 0.3) is 0 Å². The van der Waals surface area contributed by atoms with Gasteiger partial charge in [0.05, 0.1) is 12.1 Å². The van der Waals surface area contributed by atoms with E-state index in [1.54, 1.807) is 0 Å². The zero-order chi connectivity index (χ0) is 14.4. The summed E-state index contributed by atoms with van der Waals surface area (Å²) >= 11 is 0. The molecule has 3 N–H and O–H groups in total. The molecule has 0 saturated heterocycles. The van der Waals surface area contributed by atoms with Crippen LogP contribution in [0.25, 0.3) is 0 Å². The van der Waals surface area contributed by atoms with Crippen LogP contribution in [0.5, 0.6) is 0 Å². The molecule has 20 heavy (non-hydrogen) atoms. The van der Waals surface area contributed by atoms with Gasteiger partial charge in [-0.3, -0.25) is 4.79 Å². The average Bonchev–Trinajstić information content (AvgIpc) is 2.46. The summed E-state index contributed by atoms with van der Waals surface area (Å²) in [5.74, 6) is 0.0748. The van der Waals surface area contributed by atoms with Crippen LogP contribution >= 0.6 is 0 Å². The number of nitrogens with one attached hydrogen (secondary N) is 1. The Labute approximate surface area is 120 Å². The van der Waals surface area contributed by atoms with Gasteiger partial charge in [-0.05, 0) is 31.7 Å². The molecule has 1 aromatic rings. The average molecular weight is 276 g/mol. The van der Waals surface area contributed by atoms with E-state index in [-0.39, 0.29) is 24.1 Å². The maximum absolute atomic E-state index is 11.9. The second-order valence-corrected chi connectivity index (χ2v) is 5.33. The minimum absolute atomic E-state index is 0.0147. The van der Waals surface area contributed by atoms with Gasteiger partial charge < -0.3 is 15.8 Å². The summed E-state index contributed by atoms with van der Waals surface area (Å²) in [5.41, 5.74) is 7.19. The van der Waals surface area contributed by atoms with E-state index in [0.29, 0.717) is 13.0 Å². The molecule has 0 bridgehead atoms. The Balaban J connectivity index is 1.67. The quantitative estimate of drug-likeness (QED) is 0.795. The summed E-state index contributed by atoms with van der Waals surface area (Å²) in [6.07, 6.45) is 3.25. The highest BCUT2D eigenvalue weighted by Gasteiger charge is 2.40. The van der Waals surface area contributed by atoms with E-state index in [9.17, 15) is 4.79 Å². The standard InChI is InChI=1S/C16H24N2O2/c1-2-20-14-11-13(17)16(14)18-15(19)10-6-9-12-7-4-3-5-8-12/h3-5,7-8,13-14,16H,2,6,9-11,17H2,1H3,(H,18,19). The maximum atomic E-state index is 11.9. The number of hydrogen-bond acceptors (Lipinski definition) is 3. The highest BCUT2D eigenvalue weighted by molar-refractivity contribution is 5.76. The Hall–Kier alpha value is -1.39. The minimum Gasteiger partial charge on any atom is -0.376 e. The molecule has 4 heteroatoms. The summed E-state index contributed by atoms with van der Waals surface area (Å²) in [6, 6.07) is 10.2. The predicted molar refractivity (Wildman–Crippen MR) is 79.3 cm³/mol. The molecule has 1 aromatic carbocycles. The van der Waals surface area contributed by atoms with Crippen molar-refractivity contribution in [2.24, 2.45) is 5.73 Å².